The molecule has 2 saturated carbocycles. The highest BCUT2D eigenvalue weighted by molar-refractivity contribution is 7.91. The molecule has 4 amide bonds. The smallest absolute Gasteiger partial charge is 0.382 e. The zero-order chi connectivity index (χ0) is 70.5. The molecule has 0 spiro atoms. The van der Waals surface area contributed by atoms with E-state index in [1.54, 1.807) is 0 Å². The minimum absolute atomic E-state index is 0.0594. The van der Waals surface area contributed by atoms with Gasteiger partial charge in [-0.05, 0) is 60.7 Å². The summed E-state index contributed by atoms with van der Waals surface area (Å²) >= 11 is 11.9. The van der Waals surface area contributed by atoms with Crippen molar-refractivity contribution in [2.45, 2.75) is 88.0 Å². The number of amides is 4. The third-order valence-corrected chi connectivity index (χ3v) is 19.4. The number of aliphatic hydroxyl groups is 2. The minimum Gasteiger partial charge on any atom is -0.382 e. The molecule has 6 aromatic heterocycles. The van der Waals surface area contributed by atoms with Gasteiger partial charge in [0.1, 0.15) is 25.4 Å². The van der Waals surface area contributed by atoms with E-state index < -0.39 is 141 Å². The van der Waals surface area contributed by atoms with Gasteiger partial charge in [-0.25, -0.2) is 63.9 Å². The Kier molecular flexibility index (Phi) is 19.6. The van der Waals surface area contributed by atoms with Gasteiger partial charge in [0.2, 0.25) is 11.6 Å². The van der Waals surface area contributed by atoms with E-state index in [2.05, 4.69) is 51.0 Å². The normalized spacial score (nSPS) is 19.4. The van der Waals surface area contributed by atoms with Crippen molar-refractivity contribution in [2.75, 3.05) is 49.2 Å². The predicted molar refractivity (Wildman–Crippen MR) is 325 cm³/mol. The third kappa shape index (κ3) is 15.8. The molecular formula is C56H52Cl2F8N18O12S2. The van der Waals surface area contributed by atoms with Gasteiger partial charge in [-0.15, -0.1) is 20.4 Å². The lowest BCUT2D eigenvalue weighted by atomic mass is 10.2. The molecule has 4 fully saturated rings. The Hall–Kier alpha value is -9.38. The standard InChI is InChI=1S/2C28H26ClF4N9O6S/c2*29-16-3-1-15(2-4-16)23-38-41(27(46)40(23)13-21(43)28(31,32)33)14-22-36-24(26(45)39-7-9-49(47,48)10-8-39)42(37-22)20-12-34-6-5-17(20)25(44)35-19-11-18(19)30/h2*1-6,12,18-19,21,43H,7-11,13-14H2,(H,35,44)/t18-,19+,21+;18-,19+,21-/m10/s1. The number of alkyl halides is 8. The second kappa shape index (κ2) is 27.5. The molecule has 2 aromatic carbocycles. The van der Waals surface area contributed by atoms with Gasteiger partial charge in [-0.2, -0.15) is 26.3 Å². The van der Waals surface area contributed by atoms with Crippen LogP contribution in [0.1, 0.15) is 66.4 Å². The van der Waals surface area contributed by atoms with Crippen LogP contribution in [0.15, 0.2) is 95.0 Å². The van der Waals surface area contributed by atoms with Gasteiger partial charge in [-0.1, -0.05) is 23.2 Å². The summed E-state index contributed by atoms with van der Waals surface area (Å²) in [7, 11) is -6.76. The van der Waals surface area contributed by atoms with Crippen molar-refractivity contribution in [2.24, 2.45) is 0 Å². The molecule has 12 rings (SSSR count). The maximum atomic E-state index is 13.7. The van der Waals surface area contributed by atoms with Gasteiger partial charge >= 0.3 is 23.7 Å². The summed E-state index contributed by atoms with van der Waals surface area (Å²) < 4.78 is 160. The fourth-order valence-corrected chi connectivity index (χ4v) is 12.7. The van der Waals surface area contributed by atoms with E-state index in [-0.39, 0.29) is 119 Å². The largest absolute Gasteiger partial charge is 0.416 e. The molecule has 0 radical (unpaired) electrons. The number of rotatable bonds is 18. The molecule has 4 N–H and O–H groups in total. The van der Waals surface area contributed by atoms with Crippen molar-refractivity contribution in [1.29, 1.82) is 0 Å². The van der Waals surface area contributed by atoms with Gasteiger partial charge in [0, 0.05) is 72.6 Å². The van der Waals surface area contributed by atoms with E-state index in [9.17, 15) is 90.9 Å². The number of halogens is 10. The maximum absolute atomic E-state index is 13.7. The number of nitrogens with zero attached hydrogens (tertiary/aromatic N) is 16. The van der Waals surface area contributed by atoms with E-state index in [0.29, 0.717) is 19.2 Å². The summed E-state index contributed by atoms with van der Waals surface area (Å²) in [6, 6.07) is 12.6. The zero-order valence-electron chi connectivity index (χ0n) is 50.2. The number of carbonyl (C=O) groups is 4. The fraction of sp³-hybridized carbons (Fsp3) is 0.393. The Morgan fingerprint density at radius 2 is 0.888 bits per heavy atom. The summed E-state index contributed by atoms with van der Waals surface area (Å²) in [4.78, 5) is 99.6. The Morgan fingerprint density at radius 3 is 1.20 bits per heavy atom. The molecule has 98 heavy (non-hydrogen) atoms. The number of hydrogen-bond acceptors (Lipinski definition) is 20. The lowest BCUT2D eigenvalue weighted by Crippen LogP contribution is -2.44. The van der Waals surface area contributed by atoms with Crippen molar-refractivity contribution in [1.82, 2.24) is 88.6 Å². The first-order valence-corrected chi connectivity index (χ1v) is 33.7. The Labute approximate surface area is 556 Å². The molecule has 2 aliphatic heterocycles. The quantitative estimate of drug-likeness (QED) is 0.0893. The van der Waals surface area contributed by atoms with E-state index >= 15 is 0 Å². The second-order valence-electron chi connectivity index (χ2n) is 22.7. The summed E-state index contributed by atoms with van der Waals surface area (Å²) in [5.74, 6) is -5.97. The van der Waals surface area contributed by atoms with Crippen LogP contribution in [0.5, 0.6) is 0 Å². The van der Waals surface area contributed by atoms with Crippen LogP contribution >= 0.6 is 23.2 Å². The molecule has 8 heterocycles. The molecule has 2 saturated heterocycles. The first-order chi connectivity index (χ1) is 46.2. The highest BCUT2D eigenvalue weighted by atomic mass is 35.5. The lowest BCUT2D eigenvalue weighted by Gasteiger charge is -2.26. The fourth-order valence-electron chi connectivity index (χ4n) is 10.0. The van der Waals surface area contributed by atoms with Crippen LogP contribution in [0.3, 0.4) is 0 Å². The van der Waals surface area contributed by atoms with E-state index in [1.807, 2.05) is 0 Å². The van der Waals surface area contributed by atoms with Crippen LogP contribution in [0.25, 0.3) is 34.2 Å². The number of aromatic nitrogens is 14. The van der Waals surface area contributed by atoms with E-state index in [0.717, 1.165) is 18.7 Å². The van der Waals surface area contributed by atoms with E-state index in [4.69, 9.17) is 23.2 Å². The van der Waals surface area contributed by atoms with Crippen LogP contribution in [-0.4, -0.2) is 227 Å². The minimum atomic E-state index is -5.06. The summed E-state index contributed by atoms with van der Waals surface area (Å²) in [6.45, 7) is -4.25. The molecule has 8 aromatic rings. The molecule has 4 aliphatic rings. The second-order valence-corrected chi connectivity index (χ2v) is 28.2. The van der Waals surface area contributed by atoms with Crippen molar-refractivity contribution >= 4 is 66.5 Å². The number of carbonyl (C=O) groups excluding carboxylic acids is 4. The molecule has 2 aliphatic carbocycles. The summed E-state index contributed by atoms with van der Waals surface area (Å²) in [5, 5.41) is 42.3. The number of sulfone groups is 2. The highest BCUT2D eigenvalue weighted by Crippen LogP contribution is 2.30. The van der Waals surface area contributed by atoms with Gasteiger partial charge in [0.15, 0.2) is 55.2 Å². The highest BCUT2D eigenvalue weighted by Gasteiger charge is 2.43. The van der Waals surface area contributed by atoms with Crippen molar-refractivity contribution in [3.05, 3.63) is 151 Å². The monoisotopic (exact) mass is 1450 g/mol. The van der Waals surface area contributed by atoms with Crippen molar-refractivity contribution in [3.8, 4) is 34.2 Å². The molecule has 30 nitrogen and oxygen atoms in total. The average Bonchev–Trinajstić information content (AvgIpc) is 1.62. The van der Waals surface area contributed by atoms with Gasteiger partial charge in [0.25, 0.3) is 23.6 Å². The number of benzene rings is 2. The molecule has 6 atom stereocenters. The Bertz CT molecular complexity index is 4440. The Morgan fingerprint density at radius 1 is 0.551 bits per heavy atom. The summed E-state index contributed by atoms with van der Waals surface area (Å²) in [5.41, 5.74) is -2.01. The first-order valence-electron chi connectivity index (χ1n) is 29.3. The van der Waals surface area contributed by atoms with Crippen molar-refractivity contribution < 1.29 is 81.4 Å². The van der Waals surface area contributed by atoms with E-state index in [1.165, 1.54) is 95.3 Å². The first kappa shape index (κ1) is 70.0. The number of nitrogens with one attached hydrogen (secondary N) is 2. The van der Waals surface area contributed by atoms with Gasteiger partial charge < -0.3 is 30.6 Å². The molecule has 42 heteroatoms. The molecule has 520 valence electrons. The van der Waals surface area contributed by atoms with Crippen LogP contribution < -0.4 is 22.0 Å². The number of hydrogen-bond donors (Lipinski definition) is 4. The van der Waals surface area contributed by atoms with Crippen LogP contribution in [0.2, 0.25) is 10.0 Å². The zero-order valence-corrected chi connectivity index (χ0v) is 53.3. The van der Waals surface area contributed by atoms with Crippen molar-refractivity contribution in [3.63, 3.8) is 0 Å². The summed E-state index contributed by atoms with van der Waals surface area (Å²) in [6.07, 6.45) is -13.2. The number of aliphatic hydroxyl groups excluding tert-OH is 2. The molecule has 0 unspecified atom stereocenters. The van der Waals surface area contributed by atoms with Crippen LogP contribution in [0, 0.1) is 0 Å². The van der Waals surface area contributed by atoms with Gasteiger partial charge in [0.05, 0.1) is 83.1 Å². The lowest BCUT2D eigenvalue weighted by molar-refractivity contribution is -0.207. The van der Waals surface area contributed by atoms with Gasteiger partial charge in [-0.3, -0.25) is 38.3 Å². The Balaban J connectivity index is 0.000000198. The maximum Gasteiger partial charge on any atom is 0.416 e. The average molecular weight is 1460 g/mol. The third-order valence-electron chi connectivity index (χ3n) is 15.7. The molecular weight excluding hydrogens is 1400 g/mol. The molecule has 0 bridgehead atoms. The predicted octanol–water partition coefficient (Wildman–Crippen LogP) is 2.05. The van der Waals surface area contributed by atoms with Crippen LogP contribution in [-0.2, 0) is 45.9 Å². The number of pyridine rings is 2. The van der Waals surface area contributed by atoms with Crippen LogP contribution in [0.4, 0.5) is 35.1 Å². The SMILES string of the molecule is O=C(N[C@@H]1C[C@@H]1F)c1ccncc1-n1nc(Cn2nc(-c3ccc(Cl)cc3)n(C[C@H](O)C(F)(F)F)c2=O)nc1C(=O)N1CCS(=O)(=O)CC1.O=C(N[C@H]1C[C@H]1F)c1ccncc1-n1nc(Cn2nc(-c3ccc(Cl)cc3)n(C[C@H](O)C(F)(F)F)c2=O)nc1C(=O)N1CCS(=O)(=O)CC1. The topological polar surface area (TPSA) is 374 Å².